The van der Waals surface area contributed by atoms with E-state index in [2.05, 4.69) is 13.8 Å². The summed E-state index contributed by atoms with van der Waals surface area (Å²) in [4.78, 5) is 43.6. The number of hydrogen-bond donors (Lipinski definition) is 0. The van der Waals surface area contributed by atoms with Crippen LogP contribution in [0.1, 0.15) is 58.9 Å². The van der Waals surface area contributed by atoms with Gasteiger partial charge in [0.1, 0.15) is 5.75 Å². The zero-order chi connectivity index (χ0) is 23.4. The third-order valence-electron chi connectivity index (χ3n) is 6.46. The van der Waals surface area contributed by atoms with Crippen LogP contribution in [0.25, 0.3) is 0 Å². The Kier molecular flexibility index (Phi) is 7.80. The molecule has 0 N–H and O–H groups in total. The first kappa shape index (κ1) is 24.1. The number of nitrogens with zero attached hydrogens (tertiary/aromatic N) is 3. The molecule has 1 aromatic rings. The van der Waals surface area contributed by atoms with E-state index in [-0.39, 0.29) is 36.1 Å². The van der Waals surface area contributed by atoms with Gasteiger partial charge in [-0.3, -0.25) is 14.4 Å². The molecule has 0 saturated carbocycles. The number of benzene rings is 1. The maximum absolute atomic E-state index is 13.0. The largest absolute Gasteiger partial charge is 0.481 e. The zero-order valence-electron chi connectivity index (χ0n) is 20.0. The van der Waals surface area contributed by atoms with Crippen LogP contribution in [0.15, 0.2) is 24.3 Å². The lowest BCUT2D eigenvalue weighted by Gasteiger charge is -2.26. The molecule has 2 aliphatic rings. The van der Waals surface area contributed by atoms with Gasteiger partial charge in [-0.15, -0.1) is 0 Å². The number of carbonyl (C=O) groups is 3. The van der Waals surface area contributed by atoms with Gasteiger partial charge >= 0.3 is 0 Å². The predicted octanol–water partition coefficient (Wildman–Crippen LogP) is 2.90. The van der Waals surface area contributed by atoms with Gasteiger partial charge in [-0.25, -0.2) is 0 Å². The summed E-state index contributed by atoms with van der Waals surface area (Å²) in [6.45, 7) is 12.7. The van der Waals surface area contributed by atoms with Crippen LogP contribution in [-0.2, 0) is 14.4 Å². The molecule has 2 saturated heterocycles. The lowest BCUT2D eigenvalue weighted by molar-refractivity contribution is -0.139. The average molecular weight is 444 g/mol. The van der Waals surface area contributed by atoms with Crippen LogP contribution in [0.2, 0.25) is 0 Å². The minimum atomic E-state index is -0.589. The van der Waals surface area contributed by atoms with Crippen molar-refractivity contribution < 1.29 is 19.1 Å². The van der Waals surface area contributed by atoms with Crippen LogP contribution >= 0.6 is 0 Å². The van der Waals surface area contributed by atoms with Gasteiger partial charge in [0.2, 0.25) is 11.8 Å². The molecular formula is C25H37N3O4. The number of carbonyl (C=O) groups excluding carboxylic acids is 3. The maximum atomic E-state index is 13.0. The fraction of sp³-hybridized carbons (Fsp3) is 0.640. The van der Waals surface area contributed by atoms with Crippen LogP contribution in [0.5, 0.6) is 5.75 Å². The van der Waals surface area contributed by atoms with Crippen molar-refractivity contribution in [1.82, 2.24) is 14.7 Å². The van der Waals surface area contributed by atoms with Crippen molar-refractivity contribution in [2.75, 3.05) is 32.7 Å². The second kappa shape index (κ2) is 10.4. The van der Waals surface area contributed by atoms with E-state index in [1.807, 2.05) is 43.0 Å². The summed E-state index contributed by atoms with van der Waals surface area (Å²) < 4.78 is 5.89. The highest BCUT2D eigenvalue weighted by Crippen LogP contribution is 2.23. The van der Waals surface area contributed by atoms with E-state index < -0.39 is 6.10 Å². The van der Waals surface area contributed by atoms with E-state index >= 15 is 0 Å². The molecule has 1 aromatic carbocycles. The molecule has 32 heavy (non-hydrogen) atoms. The van der Waals surface area contributed by atoms with Gasteiger partial charge in [-0.05, 0) is 50.8 Å². The highest BCUT2D eigenvalue weighted by Gasteiger charge is 2.38. The smallest absolute Gasteiger partial charge is 0.263 e. The first-order chi connectivity index (χ1) is 15.2. The number of likely N-dealkylation sites (tertiary alicyclic amines) is 1. The molecule has 0 spiro atoms. The summed E-state index contributed by atoms with van der Waals surface area (Å²) >= 11 is 0. The van der Waals surface area contributed by atoms with Crippen LogP contribution in [0.4, 0.5) is 0 Å². The quantitative estimate of drug-likeness (QED) is 0.678. The predicted molar refractivity (Wildman–Crippen MR) is 123 cm³/mol. The van der Waals surface area contributed by atoms with Crippen molar-refractivity contribution in [2.45, 2.75) is 65.5 Å². The molecule has 0 aromatic heterocycles. The highest BCUT2D eigenvalue weighted by molar-refractivity contribution is 5.89. The number of ether oxygens (including phenoxy) is 1. The Morgan fingerprint density at radius 3 is 2.16 bits per heavy atom. The topological polar surface area (TPSA) is 70.2 Å². The molecule has 2 atom stereocenters. The van der Waals surface area contributed by atoms with Crippen molar-refractivity contribution in [1.29, 1.82) is 0 Å². The second-order valence-electron chi connectivity index (χ2n) is 9.53. The summed E-state index contributed by atoms with van der Waals surface area (Å²) in [6, 6.07) is 7.98. The Bertz CT molecular complexity index is 821. The Labute approximate surface area is 191 Å². The Morgan fingerprint density at radius 2 is 1.56 bits per heavy atom. The molecule has 2 fully saturated rings. The fourth-order valence-corrected chi connectivity index (χ4v) is 4.46. The standard InChI is InChI=1S/C25H37N3O4/c1-17(2)20-7-9-22(10-8-20)32-19(5)24(30)26-11-6-12-27(14-13-26)25(31)21-15-23(29)28(16-21)18(3)4/h7-10,17-19,21H,6,11-16H2,1-5H3. The van der Waals surface area contributed by atoms with Crippen molar-refractivity contribution in [3.8, 4) is 5.75 Å². The van der Waals surface area contributed by atoms with E-state index in [0.29, 0.717) is 44.4 Å². The third-order valence-corrected chi connectivity index (χ3v) is 6.46. The molecule has 7 heteroatoms. The SMILES string of the molecule is CC(Oc1ccc(C(C)C)cc1)C(=O)N1CCCN(C(=O)C2CC(=O)N(C(C)C)C2)CC1. The first-order valence-corrected chi connectivity index (χ1v) is 11.8. The van der Waals surface area contributed by atoms with Gasteiger partial charge in [-0.2, -0.15) is 0 Å². The molecule has 176 valence electrons. The number of amides is 3. The van der Waals surface area contributed by atoms with E-state index in [0.717, 1.165) is 6.42 Å². The summed E-state index contributed by atoms with van der Waals surface area (Å²) in [7, 11) is 0. The van der Waals surface area contributed by atoms with Crippen molar-refractivity contribution >= 4 is 17.7 Å². The molecular weight excluding hydrogens is 406 g/mol. The van der Waals surface area contributed by atoms with Gasteiger partial charge in [0.05, 0.1) is 5.92 Å². The van der Waals surface area contributed by atoms with Crippen molar-refractivity contribution in [3.63, 3.8) is 0 Å². The van der Waals surface area contributed by atoms with E-state index in [1.54, 1.807) is 16.7 Å². The Morgan fingerprint density at radius 1 is 0.938 bits per heavy atom. The average Bonchev–Trinajstić information content (AvgIpc) is 2.99. The second-order valence-corrected chi connectivity index (χ2v) is 9.53. The molecule has 7 nitrogen and oxygen atoms in total. The molecule has 2 aliphatic heterocycles. The van der Waals surface area contributed by atoms with Gasteiger partial charge < -0.3 is 19.4 Å². The number of hydrogen-bond acceptors (Lipinski definition) is 4. The van der Waals surface area contributed by atoms with E-state index in [4.69, 9.17) is 4.74 Å². The van der Waals surface area contributed by atoms with E-state index in [1.165, 1.54) is 5.56 Å². The molecule has 0 bridgehead atoms. The van der Waals surface area contributed by atoms with Gasteiger partial charge in [0.25, 0.3) is 5.91 Å². The van der Waals surface area contributed by atoms with Crippen LogP contribution in [0, 0.1) is 5.92 Å². The summed E-state index contributed by atoms with van der Waals surface area (Å²) in [6.07, 6.45) is 0.424. The minimum Gasteiger partial charge on any atom is -0.481 e. The van der Waals surface area contributed by atoms with Gasteiger partial charge in [-0.1, -0.05) is 26.0 Å². The van der Waals surface area contributed by atoms with E-state index in [9.17, 15) is 14.4 Å². The molecule has 0 radical (unpaired) electrons. The highest BCUT2D eigenvalue weighted by atomic mass is 16.5. The molecule has 3 amide bonds. The molecule has 2 heterocycles. The first-order valence-electron chi connectivity index (χ1n) is 11.8. The zero-order valence-corrected chi connectivity index (χ0v) is 20.0. The fourth-order valence-electron chi connectivity index (χ4n) is 4.46. The summed E-state index contributed by atoms with van der Waals surface area (Å²) in [5.74, 6) is 0.879. The monoisotopic (exact) mass is 443 g/mol. The normalized spacial score (nSPS) is 20.7. The Hall–Kier alpha value is -2.57. The lowest BCUT2D eigenvalue weighted by atomic mass is 10.0. The summed E-state index contributed by atoms with van der Waals surface area (Å²) in [5.41, 5.74) is 1.23. The minimum absolute atomic E-state index is 0.0327. The summed E-state index contributed by atoms with van der Waals surface area (Å²) in [5, 5.41) is 0. The van der Waals surface area contributed by atoms with Crippen LogP contribution in [0.3, 0.4) is 0 Å². The van der Waals surface area contributed by atoms with Gasteiger partial charge in [0.15, 0.2) is 6.10 Å². The maximum Gasteiger partial charge on any atom is 0.263 e. The third kappa shape index (κ3) is 5.61. The number of rotatable bonds is 6. The molecule has 2 unspecified atom stereocenters. The van der Waals surface area contributed by atoms with Crippen molar-refractivity contribution in [2.24, 2.45) is 5.92 Å². The molecule has 3 rings (SSSR count). The van der Waals surface area contributed by atoms with Gasteiger partial charge in [0, 0.05) is 45.2 Å². The van der Waals surface area contributed by atoms with Crippen LogP contribution < -0.4 is 4.74 Å². The molecule has 0 aliphatic carbocycles. The van der Waals surface area contributed by atoms with Crippen molar-refractivity contribution in [3.05, 3.63) is 29.8 Å². The Balaban J connectivity index is 1.53. The lowest BCUT2D eigenvalue weighted by Crippen LogP contribution is -2.44. The van der Waals surface area contributed by atoms with Crippen LogP contribution in [-0.4, -0.2) is 77.3 Å².